The number of aromatic nitrogens is 2. The second-order valence-corrected chi connectivity index (χ2v) is 7.17. The lowest BCUT2D eigenvalue weighted by molar-refractivity contribution is -0.384. The number of hydrogen-bond acceptors (Lipinski definition) is 7. The molecule has 0 radical (unpaired) electrons. The van der Waals surface area contributed by atoms with Crippen molar-refractivity contribution in [3.63, 3.8) is 0 Å². The van der Waals surface area contributed by atoms with Crippen LogP contribution in [-0.2, 0) is 11.2 Å². The van der Waals surface area contributed by atoms with Gasteiger partial charge in [0.2, 0.25) is 0 Å². The van der Waals surface area contributed by atoms with Gasteiger partial charge in [0.1, 0.15) is 5.01 Å². The molecule has 0 amide bonds. The van der Waals surface area contributed by atoms with Crippen molar-refractivity contribution in [3.05, 3.63) is 75.5 Å². The fourth-order valence-electron chi connectivity index (χ4n) is 2.67. The van der Waals surface area contributed by atoms with E-state index in [1.165, 1.54) is 23.5 Å². The fraction of sp³-hybridized carbons (Fsp3) is 0.250. The number of non-ortho nitro benzene ring substituents is 1. The molecule has 1 aromatic carbocycles. The smallest absolute Gasteiger partial charge is 0.358 e. The zero-order chi connectivity index (χ0) is 19.9. The molecule has 8 heteroatoms. The number of nitro benzene ring substituents is 1. The van der Waals surface area contributed by atoms with E-state index in [2.05, 4.69) is 9.97 Å². The van der Waals surface area contributed by atoms with Crippen molar-refractivity contribution in [1.29, 1.82) is 0 Å². The Balaban J connectivity index is 1.52. The van der Waals surface area contributed by atoms with Gasteiger partial charge >= 0.3 is 5.97 Å². The van der Waals surface area contributed by atoms with Gasteiger partial charge in [-0.05, 0) is 49.9 Å². The van der Waals surface area contributed by atoms with Crippen molar-refractivity contribution >= 4 is 23.0 Å². The monoisotopic (exact) mass is 397 g/mol. The molecule has 0 N–H and O–H groups in total. The Bertz CT molecular complexity index is 942. The number of nitrogens with zero attached hydrogens (tertiary/aromatic N) is 3. The second-order valence-electron chi connectivity index (χ2n) is 6.31. The molecule has 0 aliphatic heterocycles. The third-order valence-electron chi connectivity index (χ3n) is 4.15. The zero-order valence-corrected chi connectivity index (χ0v) is 16.1. The van der Waals surface area contributed by atoms with Crippen LogP contribution in [0.1, 0.15) is 35.8 Å². The number of esters is 1. The number of carbonyl (C=O) groups is 1. The number of hydrogen-bond donors (Lipinski definition) is 0. The van der Waals surface area contributed by atoms with Crippen molar-refractivity contribution in [3.8, 4) is 10.6 Å². The van der Waals surface area contributed by atoms with Crippen LogP contribution in [0, 0.1) is 10.1 Å². The van der Waals surface area contributed by atoms with E-state index in [-0.39, 0.29) is 17.5 Å². The lowest BCUT2D eigenvalue weighted by atomic mass is 10.1. The Morgan fingerprint density at radius 3 is 2.75 bits per heavy atom. The van der Waals surface area contributed by atoms with Crippen molar-refractivity contribution in [2.24, 2.45) is 0 Å². The van der Waals surface area contributed by atoms with Gasteiger partial charge in [0.05, 0.1) is 11.0 Å². The molecule has 7 nitrogen and oxygen atoms in total. The number of ether oxygens (including phenoxy) is 1. The van der Waals surface area contributed by atoms with Crippen LogP contribution in [-0.4, -0.2) is 27.0 Å². The largest absolute Gasteiger partial charge is 0.458 e. The van der Waals surface area contributed by atoms with Crippen molar-refractivity contribution in [1.82, 2.24) is 9.97 Å². The van der Waals surface area contributed by atoms with E-state index in [1.807, 2.05) is 25.3 Å². The molecule has 3 rings (SSSR count). The third-order valence-corrected chi connectivity index (χ3v) is 5.04. The summed E-state index contributed by atoms with van der Waals surface area (Å²) in [6, 6.07) is 10.0. The lowest BCUT2D eigenvalue weighted by Gasteiger charge is -2.12. The molecule has 1 atom stereocenters. The number of benzene rings is 1. The fourth-order valence-corrected chi connectivity index (χ4v) is 3.46. The summed E-state index contributed by atoms with van der Waals surface area (Å²) in [5, 5.41) is 13.0. The first kappa shape index (κ1) is 19.6. The van der Waals surface area contributed by atoms with Crippen molar-refractivity contribution in [2.75, 3.05) is 0 Å². The van der Waals surface area contributed by atoms with E-state index in [0.29, 0.717) is 5.01 Å². The highest BCUT2D eigenvalue weighted by Gasteiger charge is 2.16. The highest BCUT2D eigenvalue weighted by Crippen LogP contribution is 2.26. The van der Waals surface area contributed by atoms with Gasteiger partial charge < -0.3 is 4.74 Å². The number of aryl methyl sites for hydroxylation is 1. The van der Waals surface area contributed by atoms with E-state index in [1.54, 1.807) is 23.7 Å². The highest BCUT2D eigenvalue weighted by molar-refractivity contribution is 7.13. The lowest BCUT2D eigenvalue weighted by Crippen LogP contribution is -2.15. The van der Waals surface area contributed by atoms with Gasteiger partial charge in [-0.25, -0.2) is 9.78 Å². The minimum Gasteiger partial charge on any atom is -0.458 e. The van der Waals surface area contributed by atoms with Crippen LogP contribution in [0.15, 0.2) is 54.2 Å². The molecule has 144 valence electrons. The molecule has 3 aromatic rings. The molecule has 1 unspecified atom stereocenters. The van der Waals surface area contributed by atoms with E-state index in [9.17, 15) is 14.9 Å². The number of rotatable bonds is 8. The first-order valence-electron chi connectivity index (χ1n) is 8.83. The van der Waals surface area contributed by atoms with Crippen LogP contribution in [0.3, 0.4) is 0 Å². The average molecular weight is 397 g/mol. The van der Waals surface area contributed by atoms with E-state index < -0.39 is 10.9 Å². The topological polar surface area (TPSA) is 95.2 Å². The van der Waals surface area contributed by atoms with Gasteiger partial charge in [-0.2, -0.15) is 0 Å². The maximum absolute atomic E-state index is 12.3. The van der Waals surface area contributed by atoms with Crippen LogP contribution in [0.5, 0.6) is 0 Å². The normalized spacial score (nSPS) is 11.8. The van der Waals surface area contributed by atoms with Gasteiger partial charge in [0.15, 0.2) is 5.69 Å². The molecule has 2 heterocycles. The summed E-state index contributed by atoms with van der Waals surface area (Å²) in [4.78, 5) is 31.0. The SMILES string of the molecule is CC(CCCc1cccnc1)OC(=O)c1csc(-c2ccc([N+](=O)[O-])cc2)n1. The molecule has 0 aliphatic carbocycles. The van der Waals surface area contributed by atoms with Gasteiger partial charge in [0.25, 0.3) is 5.69 Å². The summed E-state index contributed by atoms with van der Waals surface area (Å²) >= 11 is 1.30. The second kappa shape index (κ2) is 9.18. The minimum absolute atomic E-state index is 0.0139. The summed E-state index contributed by atoms with van der Waals surface area (Å²) in [6.45, 7) is 1.87. The van der Waals surface area contributed by atoms with E-state index in [0.717, 1.165) is 30.4 Å². The zero-order valence-electron chi connectivity index (χ0n) is 15.3. The van der Waals surface area contributed by atoms with Crippen LogP contribution in [0.4, 0.5) is 5.69 Å². The van der Waals surface area contributed by atoms with Crippen molar-refractivity contribution in [2.45, 2.75) is 32.3 Å². The van der Waals surface area contributed by atoms with E-state index >= 15 is 0 Å². The van der Waals surface area contributed by atoms with Gasteiger partial charge in [-0.1, -0.05) is 6.07 Å². The Kier molecular flexibility index (Phi) is 6.44. The maximum Gasteiger partial charge on any atom is 0.358 e. The Morgan fingerprint density at radius 2 is 2.07 bits per heavy atom. The predicted molar refractivity (Wildman–Crippen MR) is 106 cm³/mol. The van der Waals surface area contributed by atoms with Crippen LogP contribution < -0.4 is 0 Å². The first-order chi connectivity index (χ1) is 13.5. The molecular weight excluding hydrogens is 378 g/mol. The van der Waals surface area contributed by atoms with Crippen LogP contribution >= 0.6 is 11.3 Å². The number of carbonyl (C=O) groups excluding carboxylic acids is 1. The molecule has 0 spiro atoms. The number of nitro groups is 1. The Morgan fingerprint density at radius 1 is 1.29 bits per heavy atom. The summed E-state index contributed by atoms with van der Waals surface area (Å²) in [5.41, 5.74) is 2.14. The van der Waals surface area contributed by atoms with Gasteiger partial charge in [-0.15, -0.1) is 11.3 Å². The van der Waals surface area contributed by atoms with E-state index in [4.69, 9.17) is 4.74 Å². The molecule has 0 fully saturated rings. The summed E-state index contributed by atoms with van der Waals surface area (Å²) in [6.07, 6.45) is 5.90. The third kappa shape index (κ3) is 5.20. The predicted octanol–water partition coefficient (Wildman–Crippen LogP) is 4.68. The highest BCUT2D eigenvalue weighted by atomic mass is 32.1. The summed E-state index contributed by atoms with van der Waals surface area (Å²) in [7, 11) is 0. The summed E-state index contributed by atoms with van der Waals surface area (Å²) < 4.78 is 5.47. The minimum atomic E-state index is -0.460. The molecule has 28 heavy (non-hydrogen) atoms. The molecule has 0 aliphatic rings. The molecule has 0 saturated heterocycles. The maximum atomic E-state index is 12.3. The summed E-state index contributed by atoms with van der Waals surface area (Å²) in [5.74, 6) is -0.460. The van der Waals surface area contributed by atoms with Crippen LogP contribution in [0.2, 0.25) is 0 Å². The quantitative estimate of drug-likeness (QED) is 0.311. The molecule has 0 saturated carbocycles. The number of pyridine rings is 1. The Labute approximate surface area is 166 Å². The molecule has 0 bridgehead atoms. The van der Waals surface area contributed by atoms with Gasteiger partial charge in [0, 0.05) is 35.5 Å². The first-order valence-corrected chi connectivity index (χ1v) is 9.71. The van der Waals surface area contributed by atoms with Crippen molar-refractivity contribution < 1.29 is 14.5 Å². The molecular formula is C20H19N3O4S. The Hall–Kier alpha value is -3.13. The number of thiazole rings is 1. The van der Waals surface area contributed by atoms with Crippen LogP contribution in [0.25, 0.3) is 10.6 Å². The average Bonchev–Trinajstić information content (AvgIpc) is 3.19. The standard InChI is InChI=1S/C20H19N3O4S/c1-14(4-2-5-15-6-3-11-21-12-15)27-20(24)18-13-28-19(22-18)16-7-9-17(10-8-16)23(25)26/h3,6-14H,2,4-5H2,1H3. The molecule has 2 aromatic heterocycles. The van der Waals surface area contributed by atoms with Gasteiger partial charge in [-0.3, -0.25) is 15.1 Å².